The smallest absolute Gasteiger partial charge is 0.258 e. The number of aryl methyl sites for hydroxylation is 1. The van der Waals surface area contributed by atoms with E-state index in [0.717, 1.165) is 12.1 Å². The van der Waals surface area contributed by atoms with Gasteiger partial charge >= 0.3 is 0 Å². The lowest BCUT2D eigenvalue weighted by molar-refractivity contribution is -0.385. The molecule has 14 heavy (non-hydrogen) atoms. The van der Waals surface area contributed by atoms with Crippen LogP contribution >= 0.6 is 0 Å². The molecule has 0 saturated carbocycles. The predicted molar refractivity (Wildman–Crippen MR) is 47.1 cm³/mol. The van der Waals surface area contributed by atoms with Crippen LogP contribution in [-0.4, -0.2) is 4.92 Å². The summed E-state index contributed by atoms with van der Waals surface area (Å²) in [4.78, 5) is 9.92. The summed E-state index contributed by atoms with van der Waals surface area (Å²) < 4.78 is 13.0. The number of nitro benzene ring substituents is 1. The average Bonchev–Trinajstić information content (AvgIpc) is 2.11. The number of nitro groups is 1. The fourth-order valence-corrected chi connectivity index (χ4v) is 1.10. The van der Waals surface area contributed by atoms with Crippen molar-refractivity contribution >= 4 is 5.69 Å². The van der Waals surface area contributed by atoms with E-state index >= 15 is 0 Å². The molecule has 0 atom stereocenters. The Bertz CT molecular complexity index is 424. The average molecular weight is 194 g/mol. The van der Waals surface area contributed by atoms with E-state index in [0.29, 0.717) is 0 Å². The Labute approximate surface area is 79.7 Å². The molecule has 0 radical (unpaired) electrons. The Balaban J connectivity index is 3.32. The van der Waals surface area contributed by atoms with Crippen molar-refractivity contribution in [3.05, 3.63) is 39.2 Å². The van der Waals surface area contributed by atoms with Crippen molar-refractivity contribution in [3.8, 4) is 6.07 Å². The lowest BCUT2D eigenvalue weighted by Gasteiger charge is -2.01. The number of hydrogen-bond donors (Lipinski definition) is 0. The summed E-state index contributed by atoms with van der Waals surface area (Å²) in [5, 5.41) is 18.9. The van der Waals surface area contributed by atoms with E-state index in [-0.39, 0.29) is 23.2 Å². The highest BCUT2D eigenvalue weighted by molar-refractivity contribution is 5.44. The summed E-state index contributed by atoms with van der Waals surface area (Å²) in [6.45, 7) is 1.44. The second-order valence-corrected chi connectivity index (χ2v) is 2.82. The summed E-state index contributed by atoms with van der Waals surface area (Å²) in [6.07, 6.45) is -0.159. The molecule has 1 aromatic carbocycles. The minimum atomic E-state index is -0.612. The third-order valence-electron chi connectivity index (χ3n) is 1.83. The quantitative estimate of drug-likeness (QED) is 0.534. The lowest BCUT2D eigenvalue weighted by atomic mass is 10.1. The lowest BCUT2D eigenvalue weighted by Crippen LogP contribution is -1.97. The molecular weight excluding hydrogens is 187 g/mol. The van der Waals surface area contributed by atoms with Gasteiger partial charge in [-0.05, 0) is 18.6 Å². The zero-order chi connectivity index (χ0) is 10.7. The number of nitriles is 1. The fourth-order valence-electron chi connectivity index (χ4n) is 1.10. The molecule has 0 bridgehead atoms. The van der Waals surface area contributed by atoms with Gasteiger partial charge in [0.25, 0.3) is 5.69 Å². The van der Waals surface area contributed by atoms with Crippen molar-refractivity contribution < 1.29 is 9.31 Å². The van der Waals surface area contributed by atoms with Crippen molar-refractivity contribution in [1.29, 1.82) is 5.26 Å². The predicted octanol–water partition coefficient (Wildman–Crippen LogP) is 2.11. The molecule has 0 spiro atoms. The molecule has 0 aliphatic rings. The molecule has 1 aromatic rings. The number of hydrogen-bond acceptors (Lipinski definition) is 3. The van der Waals surface area contributed by atoms with E-state index in [1.165, 1.54) is 6.92 Å². The standard InChI is InChI=1S/C9H7FN2O2/c1-6-4-9(12(13)14)7(2-3-11)5-8(6)10/h4-5H,2H2,1H3. The molecule has 72 valence electrons. The van der Waals surface area contributed by atoms with Crippen LogP contribution in [0.25, 0.3) is 0 Å². The summed E-state index contributed by atoms with van der Waals surface area (Å²) in [6, 6.07) is 3.93. The van der Waals surface area contributed by atoms with E-state index in [9.17, 15) is 14.5 Å². The van der Waals surface area contributed by atoms with Crippen LogP contribution in [-0.2, 0) is 6.42 Å². The molecule has 0 unspecified atom stereocenters. The zero-order valence-corrected chi connectivity index (χ0v) is 7.45. The number of benzene rings is 1. The zero-order valence-electron chi connectivity index (χ0n) is 7.45. The third-order valence-corrected chi connectivity index (χ3v) is 1.83. The van der Waals surface area contributed by atoms with Crippen LogP contribution in [0.15, 0.2) is 12.1 Å². The van der Waals surface area contributed by atoms with Crippen LogP contribution in [0.3, 0.4) is 0 Å². The van der Waals surface area contributed by atoms with Crippen LogP contribution in [0.2, 0.25) is 0 Å². The van der Waals surface area contributed by atoms with E-state index in [4.69, 9.17) is 5.26 Å². The van der Waals surface area contributed by atoms with E-state index in [2.05, 4.69) is 0 Å². The number of nitrogens with zero attached hydrogens (tertiary/aromatic N) is 2. The largest absolute Gasteiger partial charge is 0.274 e. The summed E-state index contributed by atoms with van der Waals surface area (Å²) >= 11 is 0. The number of rotatable bonds is 2. The first kappa shape index (κ1) is 10.1. The Morgan fingerprint density at radius 2 is 2.29 bits per heavy atom. The fraction of sp³-hybridized carbons (Fsp3) is 0.222. The molecule has 0 heterocycles. The molecule has 0 saturated heterocycles. The van der Waals surface area contributed by atoms with E-state index in [1.807, 2.05) is 0 Å². The molecule has 0 amide bonds. The Morgan fingerprint density at radius 1 is 1.64 bits per heavy atom. The summed E-state index contributed by atoms with van der Waals surface area (Å²) in [7, 11) is 0. The van der Waals surface area contributed by atoms with Gasteiger partial charge in [-0.2, -0.15) is 5.26 Å². The maximum Gasteiger partial charge on any atom is 0.274 e. The van der Waals surface area contributed by atoms with Gasteiger partial charge in [0.2, 0.25) is 0 Å². The Morgan fingerprint density at radius 3 is 2.79 bits per heavy atom. The van der Waals surface area contributed by atoms with E-state index in [1.54, 1.807) is 6.07 Å². The SMILES string of the molecule is Cc1cc([N+](=O)[O-])c(CC#N)cc1F. The first-order valence-corrected chi connectivity index (χ1v) is 3.86. The summed E-state index contributed by atoms with van der Waals surface area (Å²) in [5.41, 5.74) is 0.115. The maximum absolute atomic E-state index is 13.0. The van der Waals surface area contributed by atoms with E-state index < -0.39 is 10.7 Å². The van der Waals surface area contributed by atoms with Gasteiger partial charge < -0.3 is 0 Å². The van der Waals surface area contributed by atoms with Crippen LogP contribution in [0.5, 0.6) is 0 Å². The van der Waals surface area contributed by atoms with Gasteiger partial charge in [0, 0.05) is 11.6 Å². The van der Waals surface area contributed by atoms with Gasteiger partial charge in [0.05, 0.1) is 17.4 Å². The number of halogens is 1. The van der Waals surface area contributed by atoms with Gasteiger partial charge in [-0.15, -0.1) is 0 Å². The second-order valence-electron chi connectivity index (χ2n) is 2.82. The van der Waals surface area contributed by atoms with Crippen LogP contribution in [0.1, 0.15) is 11.1 Å². The minimum Gasteiger partial charge on any atom is -0.258 e. The molecule has 5 heteroatoms. The van der Waals surface area contributed by atoms with Crippen LogP contribution < -0.4 is 0 Å². The van der Waals surface area contributed by atoms with Gasteiger partial charge in [-0.25, -0.2) is 4.39 Å². The molecule has 4 nitrogen and oxygen atoms in total. The third kappa shape index (κ3) is 1.85. The molecule has 0 fully saturated rings. The van der Waals surface area contributed by atoms with Crippen LogP contribution in [0.4, 0.5) is 10.1 Å². The summed E-state index contributed by atoms with van der Waals surface area (Å²) in [5.74, 6) is -0.527. The van der Waals surface area contributed by atoms with Crippen LogP contribution in [0, 0.1) is 34.2 Å². The molecule has 0 aliphatic heterocycles. The van der Waals surface area contributed by atoms with Crippen molar-refractivity contribution in [1.82, 2.24) is 0 Å². The highest BCUT2D eigenvalue weighted by Gasteiger charge is 2.15. The first-order chi connectivity index (χ1) is 6.56. The first-order valence-electron chi connectivity index (χ1n) is 3.86. The monoisotopic (exact) mass is 194 g/mol. The second kappa shape index (κ2) is 3.83. The van der Waals surface area contributed by atoms with Gasteiger partial charge in [-0.1, -0.05) is 0 Å². The molecule has 0 N–H and O–H groups in total. The van der Waals surface area contributed by atoms with Crippen molar-refractivity contribution in [2.24, 2.45) is 0 Å². The molecule has 1 rings (SSSR count). The maximum atomic E-state index is 13.0. The molecular formula is C9H7FN2O2. The molecule has 0 aromatic heterocycles. The Hall–Kier alpha value is -1.96. The van der Waals surface area contributed by atoms with Crippen molar-refractivity contribution in [2.75, 3.05) is 0 Å². The van der Waals surface area contributed by atoms with Gasteiger partial charge in [-0.3, -0.25) is 10.1 Å². The van der Waals surface area contributed by atoms with Gasteiger partial charge in [0.1, 0.15) is 5.82 Å². The molecule has 0 aliphatic carbocycles. The van der Waals surface area contributed by atoms with Gasteiger partial charge in [0.15, 0.2) is 0 Å². The normalized spacial score (nSPS) is 9.50. The topological polar surface area (TPSA) is 66.9 Å². The highest BCUT2D eigenvalue weighted by atomic mass is 19.1. The minimum absolute atomic E-state index is 0.112. The van der Waals surface area contributed by atoms with Crippen molar-refractivity contribution in [2.45, 2.75) is 13.3 Å². The Kier molecular flexibility index (Phi) is 2.77. The highest BCUT2D eigenvalue weighted by Crippen LogP contribution is 2.22. The van der Waals surface area contributed by atoms with Crippen molar-refractivity contribution in [3.63, 3.8) is 0 Å².